The van der Waals surface area contributed by atoms with Crippen molar-refractivity contribution in [3.63, 3.8) is 0 Å². The van der Waals surface area contributed by atoms with Crippen LogP contribution in [0.4, 0.5) is 0 Å². The fourth-order valence-electron chi connectivity index (χ4n) is 2.58. The van der Waals surface area contributed by atoms with Gasteiger partial charge in [0.1, 0.15) is 5.65 Å². The van der Waals surface area contributed by atoms with Crippen LogP contribution >= 0.6 is 0 Å². The molecule has 1 fully saturated rings. The monoisotopic (exact) mass is 265 g/mol. The van der Waals surface area contributed by atoms with Gasteiger partial charge in [0.2, 0.25) is 15.0 Å². The molecular weight excluding hydrogens is 250 g/mol. The maximum atomic E-state index is 11.5. The Kier molecular flexibility index (Phi) is 2.62. The van der Waals surface area contributed by atoms with Crippen LogP contribution in [0.25, 0.3) is 11.0 Å². The minimum atomic E-state index is -3.35. The summed E-state index contributed by atoms with van der Waals surface area (Å²) in [5, 5.41) is 0.808. The molecule has 1 saturated carbocycles. The Morgan fingerprint density at radius 2 is 2.06 bits per heavy atom. The summed E-state index contributed by atoms with van der Waals surface area (Å²) < 4.78 is 25.1. The molecule has 1 aliphatic rings. The molecule has 0 aromatic carbocycles. The zero-order chi connectivity index (χ0) is 12.8. The molecule has 0 N–H and O–H groups in total. The van der Waals surface area contributed by atoms with Crippen molar-refractivity contribution >= 4 is 20.9 Å². The van der Waals surface area contributed by atoms with E-state index in [1.807, 2.05) is 12.3 Å². The highest BCUT2D eigenvalue weighted by molar-refractivity contribution is 7.90. The molecule has 3 rings (SSSR count). The fraction of sp³-hybridized carbons (Fsp3) is 0.500. The number of nitrogens with zero attached hydrogens (tertiary/aromatic N) is 3. The third-order valence-electron chi connectivity index (χ3n) is 3.48. The second-order valence-electron chi connectivity index (χ2n) is 4.86. The van der Waals surface area contributed by atoms with E-state index in [4.69, 9.17) is 0 Å². The predicted molar refractivity (Wildman–Crippen MR) is 68.1 cm³/mol. The van der Waals surface area contributed by atoms with Crippen LogP contribution in [0.2, 0.25) is 0 Å². The van der Waals surface area contributed by atoms with Gasteiger partial charge in [-0.3, -0.25) is 0 Å². The van der Waals surface area contributed by atoms with E-state index in [0.29, 0.717) is 6.04 Å². The van der Waals surface area contributed by atoms with Gasteiger partial charge in [0, 0.05) is 30.1 Å². The van der Waals surface area contributed by atoms with Crippen molar-refractivity contribution in [1.82, 2.24) is 14.5 Å². The molecule has 1 aliphatic carbocycles. The maximum absolute atomic E-state index is 11.5. The lowest BCUT2D eigenvalue weighted by molar-refractivity contribution is 0.530. The SMILES string of the molecule is CS(=O)(=O)c1ncc2ccn(C3CCCC3)c2n1. The Morgan fingerprint density at radius 1 is 1.33 bits per heavy atom. The number of rotatable bonds is 2. The van der Waals surface area contributed by atoms with Crippen molar-refractivity contribution in [2.45, 2.75) is 36.9 Å². The van der Waals surface area contributed by atoms with Crippen LogP contribution < -0.4 is 0 Å². The van der Waals surface area contributed by atoms with Crippen LogP contribution in [0, 0.1) is 0 Å². The average Bonchev–Trinajstić information content (AvgIpc) is 2.95. The van der Waals surface area contributed by atoms with Crippen molar-refractivity contribution < 1.29 is 8.42 Å². The van der Waals surface area contributed by atoms with Crippen LogP contribution in [0.5, 0.6) is 0 Å². The van der Waals surface area contributed by atoms with E-state index in [2.05, 4.69) is 14.5 Å². The summed E-state index contributed by atoms with van der Waals surface area (Å²) >= 11 is 0. The second-order valence-corrected chi connectivity index (χ2v) is 6.77. The molecule has 2 aromatic heterocycles. The first-order valence-electron chi connectivity index (χ1n) is 6.09. The number of sulfone groups is 1. The molecule has 0 radical (unpaired) electrons. The van der Waals surface area contributed by atoms with E-state index >= 15 is 0 Å². The summed E-state index contributed by atoms with van der Waals surface area (Å²) in [6.07, 6.45) is 9.45. The van der Waals surface area contributed by atoms with Crippen LogP contribution in [0.15, 0.2) is 23.6 Å². The molecule has 18 heavy (non-hydrogen) atoms. The topological polar surface area (TPSA) is 64.8 Å². The molecule has 2 aromatic rings. The Labute approximate surface area is 106 Å². The number of aromatic nitrogens is 3. The van der Waals surface area contributed by atoms with Gasteiger partial charge in [-0.2, -0.15) is 4.98 Å². The van der Waals surface area contributed by atoms with Gasteiger partial charge in [-0.1, -0.05) is 12.8 Å². The summed E-state index contributed by atoms with van der Waals surface area (Å²) in [6, 6.07) is 2.39. The normalized spacial score (nSPS) is 17.6. The van der Waals surface area contributed by atoms with Crippen molar-refractivity contribution in [2.75, 3.05) is 6.26 Å². The van der Waals surface area contributed by atoms with Gasteiger partial charge in [-0.15, -0.1) is 0 Å². The lowest BCUT2D eigenvalue weighted by atomic mass is 10.2. The van der Waals surface area contributed by atoms with Crippen LogP contribution in [0.1, 0.15) is 31.7 Å². The highest BCUT2D eigenvalue weighted by atomic mass is 32.2. The highest BCUT2D eigenvalue weighted by Gasteiger charge is 2.20. The van der Waals surface area contributed by atoms with E-state index in [9.17, 15) is 8.42 Å². The summed E-state index contributed by atoms with van der Waals surface area (Å²) in [5.74, 6) is 0. The zero-order valence-electron chi connectivity index (χ0n) is 10.2. The van der Waals surface area contributed by atoms with Gasteiger partial charge in [0.15, 0.2) is 0 Å². The molecular formula is C12H15N3O2S. The number of fused-ring (bicyclic) bond motifs is 1. The molecule has 0 saturated heterocycles. The van der Waals surface area contributed by atoms with Gasteiger partial charge in [0.25, 0.3) is 0 Å². The molecule has 6 heteroatoms. The van der Waals surface area contributed by atoms with Crippen molar-refractivity contribution in [3.05, 3.63) is 18.5 Å². The third-order valence-corrected chi connectivity index (χ3v) is 4.34. The van der Waals surface area contributed by atoms with Crippen LogP contribution in [0.3, 0.4) is 0 Å². The van der Waals surface area contributed by atoms with Gasteiger partial charge in [0.05, 0.1) is 0 Å². The Hall–Kier alpha value is -1.43. The fourth-order valence-corrected chi connectivity index (χ4v) is 3.07. The smallest absolute Gasteiger partial charge is 0.248 e. The molecule has 5 nitrogen and oxygen atoms in total. The number of hydrogen-bond donors (Lipinski definition) is 0. The highest BCUT2D eigenvalue weighted by Crippen LogP contribution is 2.32. The molecule has 2 heterocycles. The molecule has 0 unspecified atom stereocenters. The van der Waals surface area contributed by atoms with Gasteiger partial charge >= 0.3 is 0 Å². The molecule has 0 spiro atoms. The van der Waals surface area contributed by atoms with Gasteiger partial charge in [-0.05, 0) is 18.9 Å². The van der Waals surface area contributed by atoms with E-state index < -0.39 is 9.84 Å². The Morgan fingerprint density at radius 3 is 2.72 bits per heavy atom. The third kappa shape index (κ3) is 1.90. The lowest BCUT2D eigenvalue weighted by Gasteiger charge is -2.12. The Bertz CT molecular complexity index is 684. The minimum absolute atomic E-state index is 0.0899. The summed E-state index contributed by atoms with van der Waals surface area (Å²) in [5.41, 5.74) is 0.734. The van der Waals surface area contributed by atoms with E-state index in [1.54, 1.807) is 6.20 Å². The number of hydrogen-bond acceptors (Lipinski definition) is 4. The largest absolute Gasteiger partial charge is 0.329 e. The summed E-state index contributed by atoms with van der Waals surface area (Å²) in [6.45, 7) is 0. The molecule has 0 bridgehead atoms. The van der Waals surface area contributed by atoms with Crippen molar-refractivity contribution in [2.24, 2.45) is 0 Å². The van der Waals surface area contributed by atoms with E-state index in [0.717, 1.165) is 30.1 Å². The molecule has 96 valence electrons. The first kappa shape index (κ1) is 11.6. The van der Waals surface area contributed by atoms with E-state index in [1.165, 1.54) is 12.8 Å². The predicted octanol–water partition coefficient (Wildman–Crippen LogP) is 1.95. The maximum Gasteiger partial charge on any atom is 0.248 e. The lowest BCUT2D eigenvalue weighted by Crippen LogP contribution is -2.08. The standard InChI is InChI=1S/C12H15N3O2S/c1-18(16,17)12-13-8-9-6-7-15(11(9)14-12)10-4-2-3-5-10/h6-8,10H,2-5H2,1H3. The minimum Gasteiger partial charge on any atom is -0.329 e. The second kappa shape index (κ2) is 4.05. The van der Waals surface area contributed by atoms with Gasteiger partial charge < -0.3 is 4.57 Å². The first-order chi connectivity index (χ1) is 8.55. The Balaban J connectivity index is 2.16. The molecule has 0 amide bonds. The summed E-state index contributed by atoms with van der Waals surface area (Å²) in [7, 11) is -3.35. The average molecular weight is 265 g/mol. The van der Waals surface area contributed by atoms with Crippen LogP contribution in [-0.2, 0) is 9.84 Å². The zero-order valence-corrected chi connectivity index (χ0v) is 11.0. The van der Waals surface area contributed by atoms with Crippen molar-refractivity contribution in [1.29, 1.82) is 0 Å². The van der Waals surface area contributed by atoms with E-state index in [-0.39, 0.29) is 5.16 Å². The van der Waals surface area contributed by atoms with Crippen molar-refractivity contribution in [3.8, 4) is 0 Å². The summed E-state index contributed by atoms with van der Waals surface area (Å²) in [4.78, 5) is 8.12. The molecule has 0 aliphatic heterocycles. The van der Waals surface area contributed by atoms with Crippen LogP contribution in [-0.4, -0.2) is 29.2 Å². The van der Waals surface area contributed by atoms with Gasteiger partial charge in [-0.25, -0.2) is 13.4 Å². The first-order valence-corrected chi connectivity index (χ1v) is 7.98. The quantitative estimate of drug-likeness (QED) is 0.778. The molecule has 0 atom stereocenters.